The third-order valence-corrected chi connectivity index (χ3v) is 4.92. The Hall–Kier alpha value is -1.02. The van der Waals surface area contributed by atoms with E-state index in [0.717, 1.165) is 12.1 Å². The Labute approximate surface area is 116 Å². The molecule has 2 nitrogen and oxygen atoms in total. The van der Waals surface area contributed by atoms with Crippen LogP contribution >= 0.6 is 0 Å². The van der Waals surface area contributed by atoms with E-state index in [0.29, 0.717) is 0 Å². The minimum atomic E-state index is 0.717. The van der Waals surface area contributed by atoms with Gasteiger partial charge in [0.25, 0.3) is 0 Å². The first kappa shape index (κ1) is 11.8. The molecule has 1 saturated carbocycles. The molecule has 1 heterocycles. The molecule has 0 radical (unpaired) electrons. The van der Waals surface area contributed by atoms with Gasteiger partial charge in [0.05, 0.1) is 0 Å². The second kappa shape index (κ2) is 4.82. The molecule has 1 saturated heterocycles. The molecule has 1 unspecified atom stereocenters. The molecule has 2 aliphatic carbocycles. The zero-order valence-electron chi connectivity index (χ0n) is 11.7. The van der Waals surface area contributed by atoms with Crippen molar-refractivity contribution in [3.8, 4) is 0 Å². The molecule has 102 valence electrons. The zero-order chi connectivity index (χ0) is 12.7. The Morgan fingerprint density at radius 3 is 2.74 bits per heavy atom. The van der Waals surface area contributed by atoms with Gasteiger partial charge in [-0.3, -0.25) is 0 Å². The zero-order valence-corrected chi connectivity index (χ0v) is 11.7. The van der Waals surface area contributed by atoms with Crippen LogP contribution in [0.25, 0.3) is 0 Å². The summed E-state index contributed by atoms with van der Waals surface area (Å²) in [6.07, 6.45) is 9.43. The van der Waals surface area contributed by atoms with Crippen LogP contribution in [0, 0.1) is 0 Å². The quantitative estimate of drug-likeness (QED) is 0.894. The number of nitrogens with zero attached hydrogens (tertiary/aromatic N) is 1. The van der Waals surface area contributed by atoms with Crippen LogP contribution in [0.1, 0.15) is 43.2 Å². The average molecular weight is 256 g/mol. The van der Waals surface area contributed by atoms with Crippen molar-refractivity contribution in [1.29, 1.82) is 0 Å². The van der Waals surface area contributed by atoms with Gasteiger partial charge >= 0.3 is 0 Å². The second-order valence-electron chi connectivity index (χ2n) is 6.53. The number of anilines is 1. The van der Waals surface area contributed by atoms with E-state index in [9.17, 15) is 0 Å². The van der Waals surface area contributed by atoms with E-state index >= 15 is 0 Å². The van der Waals surface area contributed by atoms with Crippen molar-refractivity contribution in [1.82, 2.24) is 5.32 Å². The molecule has 1 aromatic rings. The van der Waals surface area contributed by atoms with Crippen LogP contribution in [0.2, 0.25) is 0 Å². The Morgan fingerprint density at radius 2 is 1.84 bits per heavy atom. The Bertz CT molecular complexity index is 464. The summed E-state index contributed by atoms with van der Waals surface area (Å²) in [5.41, 5.74) is 4.66. The van der Waals surface area contributed by atoms with E-state index < -0.39 is 0 Å². The number of fused-ring (bicyclic) bond motifs is 1. The van der Waals surface area contributed by atoms with Gasteiger partial charge in [-0.15, -0.1) is 0 Å². The van der Waals surface area contributed by atoms with Crippen molar-refractivity contribution in [2.24, 2.45) is 0 Å². The number of benzene rings is 1. The van der Waals surface area contributed by atoms with Crippen molar-refractivity contribution < 1.29 is 0 Å². The summed E-state index contributed by atoms with van der Waals surface area (Å²) in [6, 6.07) is 8.74. The average Bonchev–Trinajstić information content (AvgIpc) is 3.13. The maximum atomic E-state index is 3.80. The Balaban J connectivity index is 1.48. The summed E-state index contributed by atoms with van der Waals surface area (Å²) in [5, 5.41) is 3.80. The lowest BCUT2D eigenvalue weighted by atomic mass is 10.0. The summed E-state index contributed by atoms with van der Waals surface area (Å²) in [4.78, 5) is 2.60. The van der Waals surface area contributed by atoms with Crippen molar-refractivity contribution in [3.05, 3.63) is 29.3 Å². The third-order valence-electron chi connectivity index (χ3n) is 4.92. The number of nitrogens with one attached hydrogen (secondary N) is 1. The molecule has 2 fully saturated rings. The molecule has 0 bridgehead atoms. The number of rotatable bonds is 3. The van der Waals surface area contributed by atoms with Crippen LogP contribution in [0.15, 0.2) is 18.2 Å². The van der Waals surface area contributed by atoms with Crippen LogP contribution in [0.5, 0.6) is 0 Å². The highest BCUT2D eigenvalue weighted by Gasteiger charge is 2.27. The van der Waals surface area contributed by atoms with Gasteiger partial charge in [0, 0.05) is 30.9 Å². The fourth-order valence-corrected chi connectivity index (χ4v) is 3.69. The fraction of sp³-hybridized carbons (Fsp3) is 0.647. The van der Waals surface area contributed by atoms with Gasteiger partial charge in [-0.25, -0.2) is 0 Å². The van der Waals surface area contributed by atoms with Gasteiger partial charge in [0.15, 0.2) is 0 Å². The van der Waals surface area contributed by atoms with Gasteiger partial charge in [-0.2, -0.15) is 0 Å². The first-order chi connectivity index (χ1) is 9.38. The molecular formula is C17H24N2. The highest BCUT2D eigenvalue weighted by Crippen LogP contribution is 2.29. The van der Waals surface area contributed by atoms with E-state index in [4.69, 9.17) is 0 Å². The Morgan fingerprint density at radius 1 is 0.947 bits per heavy atom. The number of aryl methyl sites for hydroxylation is 2. The summed E-state index contributed by atoms with van der Waals surface area (Å²) in [7, 11) is 0. The van der Waals surface area contributed by atoms with E-state index in [2.05, 4.69) is 28.4 Å². The second-order valence-corrected chi connectivity index (χ2v) is 6.53. The fourth-order valence-electron chi connectivity index (χ4n) is 3.69. The van der Waals surface area contributed by atoms with Crippen molar-refractivity contribution in [3.63, 3.8) is 0 Å². The minimum Gasteiger partial charge on any atom is -0.370 e. The van der Waals surface area contributed by atoms with Crippen LogP contribution < -0.4 is 10.2 Å². The molecule has 1 aliphatic heterocycles. The third kappa shape index (κ3) is 2.51. The normalized spacial score (nSPS) is 26.5. The molecule has 4 rings (SSSR count). The van der Waals surface area contributed by atoms with Gasteiger partial charge in [0.2, 0.25) is 0 Å². The lowest BCUT2D eigenvalue weighted by Crippen LogP contribution is -2.46. The maximum absolute atomic E-state index is 3.80. The predicted octanol–water partition coefficient (Wildman–Crippen LogP) is 2.90. The lowest BCUT2D eigenvalue weighted by molar-refractivity contribution is 0.420. The molecule has 1 atom stereocenters. The summed E-state index contributed by atoms with van der Waals surface area (Å²) >= 11 is 0. The van der Waals surface area contributed by atoms with Gasteiger partial charge in [-0.05, 0) is 68.2 Å². The standard InChI is InChI=1S/C17H24N2/c1-3-13-6-9-17(11-14(13)4-1)19-10-2-5-16(12-19)18-15-7-8-15/h6,9,11,15-16,18H,1-5,7-8,10,12H2. The molecular weight excluding hydrogens is 232 g/mol. The van der Waals surface area contributed by atoms with Crippen LogP contribution in [0.3, 0.4) is 0 Å². The molecule has 0 spiro atoms. The topological polar surface area (TPSA) is 15.3 Å². The smallest absolute Gasteiger partial charge is 0.0369 e. The first-order valence-corrected chi connectivity index (χ1v) is 8.01. The van der Waals surface area contributed by atoms with E-state index in [1.807, 2.05) is 0 Å². The van der Waals surface area contributed by atoms with E-state index in [-0.39, 0.29) is 0 Å². The lowest BCUT2D eigenvalue weighted by Gasteiger charge is -2.35. The highest BCUT2D eigenvalue weighted by molar-refractivity contribution is 5.52. The molecule has 1 aromatic carbocycles. The van der Waals surface area contributed by atoms with Crippen LogP contribution in [-0.4, -0.2) is 25.2 Å². The molecule has 0 amide bonds. The highest BCUT2D eigenvalue weighted by atomic mass is 15.2. The Kier molecular flexibility index (Phi) is 2.99. The maximum Gasteiger partial charge on any atom is 0.0369 e. The van der Waals surface area contributed by atoms with Crippen LogP contribution in [-0.2, 0) is 12.8 Å². The first-order valence-electron chi connectivity index (χ1n) is 8.01. The molecule has 0 aromatic heterocycles. The molecule has 2 heteroatoms. The number of hydrogen-bond acceptors (Lipinski definition) is 2. The monoisotopic (exact) mass is 256 g/mol. The van der Waals surface area contributed by atoms with E-state index in [1.165, 1.54) is 63.7 Å². The summed E-state index contributed by atoms with van der Waals surface area (Å²) < 4.78 is 0. The summed E-state index contributed by atoms with van der Waals surface area (Å²) in [5.74, 6) is 0. The molecule has 1 N–H and O–H groups in total. The van der Waals surface area contributed by atoms with Crippen molar-refractivity contribution >= 4 is 5.69 Å². The van der Waals surface area contributed by atoms with Crippen LogP contribution in [0.4, 0.5) is 5.69 Å². The van der Waals surface area contributed by atoms with Gasteiger partial charge < -0.3 is 10.2 Å². The predicted molar refractivity (Wildman–Crippen MR) is 79.9 cm³/mol. The number of piperidine rings is 1. The van der Waals surface area contributed by atoms with E-state index in [1.54, 1.807) is 11.1 Å². The molecule has 19 heavy (non-hydrogen) atoms. The van der Waals surface area contributed by atoms with Gasteiger partial charge in [-0.1, -0.05) is 6.07 Å². The van der Waals surface area contributed by atoms with Gasteiger partial charge in [0.1, 0.15) is 0 Å². The largest absolute Gasteiger partial charge is 0.370 e. The SMILES string of the molecule is c1cc2c(cc1N1CCCC(NC3CC3)C1)CCC2. The van der Waals surface area contributed by atoms with Crippen molar-refractivity contribution in [2.75, 3.05) is 18.0 Å². The number of hydrogen-bond donors (Lipinski definition) is 1. The summed E-state index contributed by atoms with van der Waals surface area (Å²) in [6.45, 7) is 2.44. The van der Waals surface area contributed by atoms with Crippen molar-refractivity contribution in [2.45, 2.75) is 57.0 Å². The molecule has 3 aliphatic rings. The minimum absolute atomic E-state index is 0.717.